The first-order valence-corrected chi connectivity index (χ1v) is 16.5. The second-order valence-electron chi connectivity index (χ2n) is 16.3. The monoisotopic (exact) mass is 558 g/mol. The van der Waals surface area contributed by atoms with Gasteiger partial charge in [-0.25, -0.2) is 0 Å². The summed E-state index contributed by atoms with van der Waals surface area (Å²) in [6.45, 7) is 18.9. The number of hydrogen-bond donors (Lipinski definition) is 3. The molecule has 5 aliphatic carbocycles. The van der Waals surface area contributed by atoms with E-state index >= 15 is 0 Å². The molecule has 228 valence electrons. The molecule has 0 saturated heterocycles. The number of fused-ring (bicyclic) bond motifs is 7. The first-order chi connectivity index (χ1) is 18.7. The van der Waals surface area contributed by atoms with Crippen molar-refractivity contribution in [3.63, 3.8) is 0 Å². The van der Waals surface area contributed by atoms with Crippen LogP contribution in [0.25, 0.3) is 0 Å². The zero-order chi connectivity index (χ0) is 29.3. The van der Waals surface area contributed by atoms with E-state index in [0.29, 0.717) is 30.3 Å². The fraction of sp³-hybridized carbons (Fsp3) is 0.914. The van der Waals surface area contributed by atoms with E-state index in [4.69, 9.17) is 4.74 Å². The number of carbonyl (C=O) groups is 1. The molecule has 0 aromatic rings. The molecule has 11 atom stereocenters. The highest BCUT2D eigenvalue weighted by Gasteiger charge is 2.72. The van der Waals surface area contributed by atoms with E-state index in [-0.39, 0.29) is 47.3 Å². The maximum absolute atomic E-state index is 14.0. The summed E-state index contributed by atoms with van der Waals surface area (Å²) in [5.41, 5.74) is 0.295. The van der Waals surface area contributed by atoms with Gasteiger partial charge < -0.3 is 20.1 Å². The van der Waals surface area contributed by atoms with Crippen molar-refractivity contribution >= 4 is 5.97 Å². The molecule has 0 heterocycles. The Balaban J connectivity index is 1.51. The lowest BCUT2D eigenvalue weighted by molar-refractivity contribution is -0.254. The molecule has 5 heteroatoms. The van der Waals surface area contributed by atoms with Crippen molar-refractivity contribution < 1.29 is 24.9 Å². The number of aliphatic hydroxyl groups is 3. The second kappa shape index (κ2) is 10.4. The molecular formula is C35H58O5. The van der Waals surface area contributed by atoms with E-state index in [2.05, 4.69) is 48.1 Å². The van der Waals surface area contributed by atoms with Crippen LogP contribution in [-0.4, -0.2) is 47.2 Å². The van der Waals surface area contributed by atoms with Crippen molar-refractivity contribution in [1.29, 1.82) is 0 Å². The Hall–Kier alpha value is -0.910. The van der Waals surface area contributed by atoms with Crippen LogP contribution in [0, 0.1) is 62.6 Å². The Bertz CT molecular complexity index is 992. The van der Waals surface area contributed by atoms with E-state index in [1.807, 2.05) is 0 Å². The summed E-state index contributed by atoms with van der Waals surface area (Å²) in [4.78, 5) is 14.0. The first kappa shape index (κ1) is 30.5. The van der Waals surface area contributed by atoms with Gasteiger partial charge in [0.05, 0.1) is 31.3 Å². The number of carbonyl (C=O) groups excluding carboxylic acids is 1. The Morgan fingerprint density at radius 1 is 0.900 bits per heavy atom. The van der Waals surface area contributed by atoms with E-state index in [1.165, 1.54) is 0 Å². The molecule has 5 rings (SSSR count). The van der Waals surface area contributed by atoms with Crippen molar-refractivity contribution in [2.45, 2.75) is 118 Å². The number of esters is 1. The summed E-state index contributed by atoms with van der Waals surface area (Å²) in [5, 5.41) is 31.8. The van der Waals surface area contributed by atoms with Crippen LogP contribution in [0.1, 0.15) is 112 Å². The fourth-order valence-electron chi connectivity index (χ4n) is 12.1. The van der Waals surface area contributed by atoms with Crippen molar-refractivity contribution in [3.8, 4) is 0 Å². The van der Waals surface area contributed by atoms with Gasteiger partial charge >= 0.3 is 5.97 Å². The minimum atomic E-state index is -0.460. The van der Waals surface area contributed by atoms with Crippen LogP contribution >= 0.6 is 0 Å². The Labute approximate surface area is 243 Å². The summed E-state index contributed by atoms with van der Waals surface area (Å²) in [6, 6.07) is 0. The highest BCUT2D eigenvalue weighted by molar-refractivity contribution is 5.78. The maximum Gasteiger partial charge on any atom is 0.312 e. The molecule has 5 aliphatic rings. The summed E-state index contributed by atoms with van der Waals surface area (Å²) in [5.74, 6) is 2.11. The van der Waals surface area contributed by atoms with Gasteiger partial charge in [-0.3, -0.25) is 4.79 Å². The van der Waals surface area contributed by atoms with Gasteiger partial charge in [-0.1, -0.05) is 48.1 Å². The lowest BCUT2D eigenvalue weighted by Gasteiger charge is -2.72. The van der Waals surface area contributed by atoms with Gasteiger partial charge in [0, 0.05) is 5.41 Å². The van der Waals surface area contributed by atoms with Crippen molar-refractivity contribution in [3.05, 3.63) is 12.2 Å². The quantitative estimate of drug-likeness (QED) is 0.244. The largest absolute Gasteiger partial charge is 0.465 e. The topological polar surface area (TPSA) is 87.0 Å². The third kappa shape index (κ3) is 4.06. The standard InChI is InChI=1S/C35H58O5/c1-22(2)13-19-40-30(39)35-16-10-24(23(3)20-36)29(35)25-8-9-27-31(4)14-12-28(38)32(5,21-37)26(31)11-15-34(27,7)33(25,6)17-18-35/h22,24-29,36-38H,3,8-21H2,1-2,4-7H3/t24-,25+,26+,27+,28-,29+,31-,32-,33+,34+,35-/m0/s1. The molecule has 5 nitrogen and oxygen atoms in total. The lowest BCUT2D eigenvalue weighted by Crippen LogP contribution is -2.67. The van der Waals surface area contributed by atoms with E-state index in [9.17, 15) is 20.1 Å². The van der Waals surface area contributed by atoms with Gasteiger partial charge in [-0.05, 0) is 128 Å². The average molecular weight is 559 g/mol. The molecule has 0 aromatic carbocycles. The molecule has 5 saturated carbocycles. The van der Waals surface area contributed by atoms with E-state index in [1.54, 1.807) is 0 Å². The number of ether oxygens (including phenoxy) is 1. The summed E-state index contributed by atoms with van der Waals surface area (Å²) in [7, 11) is 0. The van der Waals surface area contributed by atoms with Crippen LogP contribution in [0.15, 0.2) is 12.2 Å². The minimum absolute atomic E-state index is 0.00914. The van der Waals surface area contributed by atoms with Gasteiger partial charge in [-0.15, -0.1) is 0 Å². The molecule has 0 bridgehead atoms. The SMILES string of the molecule is C=C(CO)[C@@H]1CC[C@]2(C(=O)OCCC(C)C)CC[C@]3(C)[C@H](CC[C@@H]4[C@@]5(C)CC[C@H](O)[C@@](C)(CO)[C@@H]5CC[C@]43C)[C@@H]12. The van der Waals surface area contributed by atoms with Crippen LogP contribution in [0.2, 0.25) is 0 Å². The molecule has 0 aliphatic heterocycles. The lowest BCUT2D eigenvalue weighted by atomic mass is 9.32. The Kier molecular flexibility index (Phi) is 7.92. The van der Waals surface area contributed by atoms with Crippen LogP contribution < -0.4 is 0 Å². The highest BCUT2D eigenvalue weighted by atomic mass is 16.5. The maximum atomic E-state index is 14.0. The third-order valence-electron chi connectivity index (χ3n) is 14.6. The van der Waals surface area contributed by atoms with Crippen LogP contribution in [-0.2, 0) is 9.53 Å². The number of aliphatic hydroxyl groups excluding tert-OH is 3. The second-order valence-corrected chi connectivity index (χ2v) is 16.3. The molecule has 3 N–H and O–H groups in total. The van der Waals surface area contributed by atoms with Gasteiger partial charge in [0.2, 0.25) is 0 Å². The third-order valence-corrected chi connectivity index (χ3v) is 14.6. The highest BCUT2D eigenvalue weighted by Crippen LogP contribution is 2.77. The molecule has 0 aromatic heterocycles. The molecule has 0 unspecified atom stereocenters. The molecular weight excluding hydrogens is 500 g/mol. The molecule has 40 heavy (non-hydrogen) atoms. The van der Waals surface area contributed by atoms with Gasteiger partial charge in [0.25, 0.3) is 0 Å². The number of hydrogen-bond acceptors (Lipinski definition) is 5. The van der Waals surface area contributed by atoms with Crippen molar-refractivity contribution in [2.75, 3.05) is 19.8 Å². The zero-order valence-electron chi connectivity index (χ0n) is 26.3. The van der Waals surface area contributed by atoms with Crippen LogP contribution in [0.3, 0.4) is 0 Å². The van der Waals surface area contributed by atoms with Gasteiger partial charge in [0.1, 0.15) is 0 Å². The summed E-state index contributed by atoms with van der Waals surface area (Å²) < 4.78 is 6.06. The summed E-state index contributed by atoms with van der Waals surface area (Å²) in [6.07, 6.45) is 10.3. The normalized spacial score (nSPS) is 50.0. The predicted octanol–water partition coefficient (Wildman–Crippen LogP) is 6.54. The molecule has 5 fully saturated rings. The summed E-state index contributed by atoms with van der Waals surface area (Å²) >= 11 is 0. The van der Waals surface area contributed by atoms with Gasteiger partial charge in [0.15, 0.2) is 0 Å². The number of rotatable bonds is 7. The smallest absolute Gasteiger partial charge is 0.312 e. The minimum Gasteiger partial charge on any atom is -0.465 e. The molecule has 0 radical (unpaired) electrons. The van der Waals surface area contributed by atoms with E-state index in [0.717, 1.165) is 76.2 Å². The Morgan fingerprint density at radius 2 is 1.62 bits per heavy atom. The van der Waals surface area contributed by atoms with Crippen molar-refractivity contribution in [2.24, 2.45) is 62.6 Å². The first-order valence-electron chi connectivity index (χ1n) is 16.5. The van der Waals surface area contributed by atoms with Crippen molar-refractivity contribution in [1.82, 2.24) is 0 Å². The average Bonchev–Trinajstić information content (AvgIpc) is 3.31. The fourth-order valence-corrected chi connectivity index (χ4v) is 12.1. The van der Waals surface area contributed by atoms with Crippen LogP contribution in [0.4, 0.5) is 0 Å². The predicted molar refractivity (Wildman–Crippen MR) is 158 cm³/mol. The van der Waals surface area contributed by atoms with Crippen LogP contribution in [0.5, 0.6) is 0 Å². The zero-order valence-corrected chi connectivity index (χ0v) is 26.3. The molecule has 0 amide bonds. The molecule has 0 spiro atoms. The van der Waals surface area contributed by atoms with E-state index < -0.39 is 16.9 Å². The van der Waals surface area contributed by atoms with Gasteiger partial charge in [-0.2, -0.15) is 0 Å². The Morgan fingerprint density at radius 3 is 2.27 bits per heavy atom.